The Balaban J connectivity index is 2.16. The highest BCUT2D eigenvalue weighted by molar-refractivity contribution is 6.31. The monoisotopic (exact) mass is 267 g/mol. The number of rotatable bonds is 5. The molecule has 1 aromatic carbocycles. The van der Waals surface area contributed by atoms with E-state index in [1.54, 1.807) is 18.2 Å². The van der Waals surface area contributed by atoms with Crippen LogP contribution in [-0.4, -0.2) is 6.54 Å². The van der Waals surface area contributed by atoms with Crippen LogP contribution in [0.2, 0.25) is 5.02 Å². The number of hydrogen-bond acceptors (Lipinski definition) is 2. The van der Waals surface area contributed by atoms with E-state index in [1.165, 1.54) is 6.07 Å². The average molecular weight is 268 g/mol. The van der Waals surface area contributed by atoms with Gasteiger partial charge in [-0.15, -0.1) is 0 Å². The van der Waals surface area contributed by atoms with E-state index in [0.29, 0.717) is 17.9 Å². The highest BCUT2D eigenvalue weighted by atomic mass is 35.5. The Bertz CT molecular complexity index is 524. The minimum atomic E-state index is -0.443. The molecule has 0 amide bonds. The Morgan fingerprint density at radius 2 is 2.11 bits per heavy atom. The summed E-state index contributed by atoms with van der Waals surface area (Å²) in [5.41, 5.74) is 0.393. The third-order valence-electron chi connectivity index (χ3n) is 2.60. The van der Waals surface area contributed by atoms with Crippen molar-refractivity contribution in [1.29, 1.82) is 0 Å². The molecule has 2 nitrogen and oxygen atoms in total. The van der Waals surface area contributed by atoms with Crippen LogP contribution in [0.5, 0.6) is 0 Å². The predicted molar refractivity (Wildman–Crippen MR) is 71.1 cm³/mol. The molecule has 0 unspecified atom stereocenters. The molecule has 1 aromatic heterocycles. The summed E-state index contributed by atoms with van der Waals surface area (Å²) < 4.78 is 19.4. The van der Waals surface area contributed by atoms with E-state index >= 15 is 0 Å². The van der Waals surface area contributed by atoms with Gasteiger partial charge < -0.3 is 9.73 Å². The lowest BCUT2D eigenvalue weighted by Gasteiger charge is -2.02. The molecule has 2 aromatic rings. The van der Waals surface area contributed by atoms with Crippen LogP contribution in [0.3, 0.4) is 0 Å². The van der Waals surface area contributed by atoms with E-state index in [9.17, 15) is 4.39 Å². The second-order valence-electron chi connectivity index (χ2n) is 4.04. The van der Waals surface area contributed by atoms with Gasteiger partial charge >= 0.3 is 0 Å². The molecule has 0 radical (unpaired) electrons. The first-order chi connectivity index (χ1) is 8.72. The number of halogens is 2. The quantitative estimate of drug-likeness (QED) is 0.820. The molecule has 0 aliphatic heterocycles. The summed E-state index contributed by atoms with van der Waals surface area (Å²) >= 11 is 5.74. The zero-order valence-electron chi connectivity index (χ0n) is 10.2. The molecule has 0 saturated heterocycles. The van der Waals surface area contributed by atoms with Crippen LogP contribution in [0.15, 0.2) is 34.7 Å². The van der Waals surface area contributed by atoms with Gasteiger partial charge in [0.1, 0.15) is 11.5 Å². The minimum Gasteiger partial charge on any atom is -0.460 e. The Hall–Kier alpha value is -1.32. The van der Waals surface area contributed by atoms with Crippen LogP contribution in [-0.2, 0) is 6.54 Å². The molecule has 96 valence electrons. The van der Waals surface area contributed by atoms with Crippen LogP contribution < -0.4 is 5.32 Å². The molecule has 1 N–H and O–H groups in total. The number of hydrogen-bond donors (Lipinski definition) is 1. The zero-order chi connectivity index (χ0) is 13.0. The fourth-order valence-corrected chi connectivity index (χ4v) is 1.87. The Labute approximate surface area is 111 Å². The van der Waals surface area contributed by atoms with Crippen molar-refractivity contribution in [2.75, 3.05) is 6.54 Å². The van der Waals surface area contributed by atoms with Crippen LogP contribution in [0.1, 0.15) is 19.1 Å². The molecule has 0 atom stereocenters. The summed E-state index contributed by atoms with van der Waals surface area (Å²) in [5.74, 6) is 0.850. The van der Waals surface area contributed by atoms with Gasteiger partial charge in [-0.05, 0) is 37.2 Å². The highest BCUT2D eigenvalue weighted by Gasteiger charge is 2.11. The molecule has 4 heteroatoms. The third-order valence-corrected chi connectivity index (χ3v) is 2.90. The van der Waals surface area contributed by atoms with Crippen LogP contribution >= 0.6 is 11.6 Å². The summed E-state index contributed by atoms with van der Waals surface area (Å²) in [6.07, 6.45) is 1.07. The van der Waals surface area contributed by atoms with E-state index in [-0.39, 0.29) is 5.02 Å². The largest absolute Gasteiger partial charge is 0.460 e. The normalized spacial score (nSPS) is 10.8. The maximum Gasteiger partial charge on any atom is 0.152 e. The maximum absolute atomic E-state index is 13.8. The first-order valence-corrected chi connectivity index (χ1v) is 6.34. The van der Waals surface area contributed by atoms with Crippen molar-refractivity contribution in [2.45, 2.75) is 19.9 Å². The van der Waals surface area contributed by atoms with Gasteiger partial charge in [-0.1, -0.05) is 24.6 Å². The number of benzene rings is 1. The second-order valence-corrected chi connectivity index (χ2v) is 4.45. The summed E-state index contributed by atoms with van der Waals surface area (Å²) in [7, 11) is 0. The summed E-state index contributed by atoms with van der Waals surface area (Å²) in [6, 6.07) is 8.49. The Kier molecular flexibility index (Phi) is 4.39. The topological polar surface area (TPSA) is 25.2 Å². The van der Waals surface area contributed by atoms with Gasteiger partial charge in [-0.25, -0.2) is 4.39 Å². The van der Waals surface area contributed by atoms with E-state index in [4.69, 9.17) is 16.0 Å². The summed E-state index contributed by atoms with van der Waals surface area (Å²) in [4.78, 5) is 0. The van der Waals surface area contributed by atoms with E-state index in [1.807, 2.05) is 6.07 Å². The molecule has 0 saturated carbocycles. The van der Waals surface area contributed by atoms with Gasteiger partial charge in [0, 0.05) is 0 Å². The van der Waals surface area contributed by atoms with Crippen molar-refractivity contribution < 1.29 is 8.81 Å². The molecule has 0 spiro atoms. The van der Waals surface area contributed by atoms with Crippen LogP contribution in [0.4, 0.5) is 4.39 Å². The summed E-state index contributed by atoms with van der Waals surface area (Å²) in [5, 5.41) is 3.33. The lowest BCUT2D eigenvalue weighted by Crippen LogP contribution is -2.12. The maximum atomic E-state index is 13.8. The van der Waals surface area contributed by atoms with Crippen molar-refractivity contribution in [1.82, 2.24) is 5.32 Å². The van der Waals surface area contributed by atoms with Crippen molar-refractivity contribution in [3.05, 3.63) is 46.9 Å². The lowest BCUT2D eigenvalue weighted by molar-refractivity contribution is 0.490. The first kappa shape index (κ1) is 13.1. The molecule has 0 aliphatic rings. The first-order valence-electron chi connectivity index (χ1n) is 5.96. The van der Waals surface area contributed by atoms with E-state index in [0.717, 1.165) is 18.7 Å². The smallest absolute Gasteiger partial charge is 0.152 e. The molecule has 1 heterocycles. The van der Waals surface area contributed by atoms with Crippen LogP contribution in [0.25, 0.3) is 11.3 Å². The minimum absolute atomic E-state index is 0.106. The number of furan rings is 1. The standard InChI is InChI=1S/C14H15ClFNO/c1-2-8-17-9-10-6-7-13(18-10)11-4-3-5-12(15)14(11)16/h3-7,17H,2,8-9H2,1H3. The molecule has 18 heavy (non-hydrogen) atoms. The Morgan fingerprint density at radius 3 is 2.89 bits per heavy atom. The highest BCUT2D eigenvalue weighted by Crippen LogP contribution is 2.28. The summed E-state index contributed by atoms with van der Waals surface area (Å²) in [6.45, 7) is 3.68. The molecule has 2 rings (SSSR count). The van der Waals surface area contributed by atoms with Crippen LogP contribution in [0, 0.1) is 5.82 Å². The Morgan fingerprint density at radius 1 is 1.28 bits per heavy atom. The van der Waals surface area contributed by atoms with Gasteiger partial charge in [-0.3, -0.25) is 0 Å². The van der Waals surface area contributed by atoms with Crippen molar-refractivity contribution in [2.24, 2.45) is 0 Å². The molecular formula is C14H15ClFNO. The molecular weight excluding hydrogens is 253 g/mol. The van der Waals surface area contributed by atoms with Crippen molar-refractivity contribution in [3.63, 3.8) is 0 Å². The molecule has 0 aliphatic carbocycles. The lowest BCUT2D eigenvalue weighted by atomic mass is 10.1. The SMILES string of the molecule is CCCNCc1ccc(-c2cccc(Cl)c2F)o1. The van der Waals surface area contributed by atoms with Crippen molar-refractivity contribution in [3.8, 4) is 11.3 Å². The van der Waals surface area contributed by atoms with E-state index < -0.39 is 5.82 Å². The fraction of sp³-hybridized carbons (Fsp3) is 0.286. The predicted octanol–water partition coefficient (Wildman–Crippen LogP) is 4.24. The third kappa shape index (κ3) is 2.92. The zero-order valence-corrected chi connectivity index (χ0v) is 10.9. The number of nitrogens with one attached hydrogen (secondary N) is 1. The van der Waals surface area contributed by atoms with E-state index in [2.05, 4.69) is 12.2 Å². The van der Waals surface area contributed by atoms with Crippen molar-refractivity contribution >= 4 is 11.6 Å². The fourth-order valence-electron chi connectivity index (χ4n) is 1.70. The van der Waals surface area contributed by atoms with Gasteiger partial charge in [-0.2, -0.15) is 0 Å². The van der Waals surface area contributed by atoms with Gasteiger partial charge in [0.25, 0.3) is 0 Å². The molecule has 0 bridgehead atoms. The average Bonchev–Trinajstić information content (AvgIpc) is 2.82. The van der Waals surface area contributed by atoms with Gasteiger partial charge in [0.15, 0.2) is 5.82 Å². The molecule has 0 fully saturated rings. The second kappa shape index (κ2) is 6.03. The van der Waals surface area contributed by atoms with Gasteiger partial charge in [0.2, 0.25) is 0 Å². The van der Waals surface area contributed by atoms with Gasteiger partial charge in [0.05, 0.1) is 17.1 Å².